The van der Waals surface area contributed by atoms with E-state index in [1.807, 2.05) is 6.92 Å². The number of aliphatic imine (C=N–C) groups is 1. The molecular weight excluding hydrogens is 316 g/mol. The Morgan fingerprint density at radius 1 is 1.22 bits per heavy atom. The first kappa shape index (κ1) is 18.5. The monoisotopic (exact) mass is 346 g/mol. The molecule has 1 aliphatic carbocycles. The molecule has 0 aromatic rings. The van der Waals surface area contributed by atoms with Crippen molar-refractivity contribution >= 4 is 16.0 Å². The molecule has 8 heteroatoms. The zero-order valence-electron chi connectivity index (χ0n) is 14.0. The van der Waals surface area contributed by atoms with Gasteiger partial charge in [-0.3, -0.25) is 4.99 Å². The van der Waals surface area contributed by atoms with Gasteiger partial charge in [-0.15, -0.1) is 0 Å². The molecule has 0 spiro atoms. The highest BCUT2D eigenvalue weighted by atomic mass is 32.2. The number of sulfonamides is 1. The molecule has 0 aromatic heterocycles. The van der Waals surface area contributed by atoms with Crippen molar-refractivity contribution in [3.8, 4) is 0 Å². The van der Waals surface area contributed by atoms with Crippen molar-refractivity contribution in [3.05, 3.63) is 0 Å². The largest absolute Gasteiger partial charge is 0.377 e. The van der Waals surface area contributed by atoms with Gasteiger partial charge in [0.05, 0.1) is 11.9 Å². The number of nitrogens with one attached hydrogen (secondary N) is 3. The Balaban J connectivity index is 1.66. The molecule has 2 rings (SSSR count). The molecule has 2 fully saturated rings. The molecule has 2 aliphatic rings. The molecule has 1 saturated carbocycles. The van der Waals surface area contributed by atoms with E-state index in [9.17, 15) is 8.42 Å². The molecule has 0 bridgehead atoms. The Hall–Kier alpha value is -0.860. The zero-order chi connectivity index (χ0) is 16.5. The number of guanidine groups is 1. The highest BCUT2D eigenvalue weighted by Crippen LogP contribution is 2.28. The smallest absolute Gasteiger partial charge is 0.213 e. The van der Waals surface area contributed by atoms with Crippen LogP contribution in [0.3, 0.4) is 0 Å². The van der Waals surface area contributed by atoms with Crippen molar-refractivity contribution in [2.24, 2.45) is 10.9 Å². The van der Waals surface area contributed by atoms with E-state index in [0.29, 0.717) is 25.0 Å². The molecule has 0 aromatic carbocycles. The van der Waals surface area contributed by atoms with E-state index in [1.54, 1.807) is 0 Å². The third-order valence-electron chi connectivity index (χ3n) is 4.02. The molecule has 0 amide bonds. The van der Waals surface area contributed by atoms with Crippen LogP contribution in [-0.2, 0) is 14.8 Å². The van der Waals surface area contributed by atoms with Crippen molar-refractivity contribution in [3.63, 3.8) is 0 Å². The van der Waals surface area contributed by atoms with Crippen molar-refractivity contribution in [1.82, 2.24) is 15.4 Å². The van der Waals surface area contributed by atoms with Gasteiger partial charge in [-0.2, -0.15) is 0 Å². The molecule has 134 valence electrons. The van der Waals surface area contributed by atoms with Gasteiger partial charge in [0.1, 0.15) is 0 Å². The highest BCUT2D eigenvalue weighted by molar-refractivity contribution is 7.89. The summed E-state index contributed by atoms with van der Waals surface area (Å²) in [4.78, 5) is 4.47. The van der Waals surface area contributed by atoms with Gasteiger partial charge in [0, 0.05) is 32.8 Å². The molecule has 1 saturated heterocycles. The summed E-state index contributed by atoms with van der Waals surface area (Å²) in [5.41, 5.74) is 0. The van der Waals surface area contributed by atoms with Crippen LogP contribution in [0.4, 0.5) is 0 Å². The minimum atomic E-state index is -3.29. The molecule has 3 N–H and O–H groups in total. The van der Waals surface area contributed by atoms with Crippen molar-refractivity contribution in [1.29, 1.82) is 0 Å². The topological polar surface area (TPSA) is 91.8 Å². The second kappa shape index (κ2) is 9.44. The standard InChI is InChI=1S/C15H30N4O3S/c1-2-16-15(18-11-13-6-7-13)17-8-10-23(20,21)19-12-14-5-3-4-9-22-14/h13-14,19H,2-12H2,1H3,(H2,16,17,18). The third kappa shape index (κ3) is 7.99. The Labute approximate surface area is 139 Å². The molecule has 0 radical (unpaired) electrons. The van der Waals surface area contributed by atoms with Crippen molar-refractivity contribution in [2.75, 3.05) is 38.5 Å². The summed E-state index contributed by atoms with van der Waals surface area (Å²) in [6, 6.07) is 0. The number of rotatable bonds is 9. The van der Waals surface area contributed by atoms with Crippen LogP contribution in [-0.4, -0.2) is 59.0 Å². The maximum Gasteiger partial charge on any atom is 0.213 e. The van der Waals surface area contributed by atoms with Gasteiger partial charge in [0.2, 0.25) is 10.0 Å². The molecule has 1 atom stereocenters. The van der Waals surface area contributed by atoms with Crippen LogP contribution in [0.2, 0.25) is 0 Å². The summed E-state index contributed by atoms with van der Waals surface area (Å²) in [7, 11) is -3.29. The van der Waals surface area contributed by atoms with E-state index in [2.05, 4.69) is 20.3 Å². The normalized spacial score (nSPS) is 22.8. The van der Waals surface area contributed by atoms with Crippen LogP contribution in [0, 0.1) is 5.92 Å². The number of hydrogen-bond acceptors (Lipinski definition) is 4. The number of hydrogen-bond donors (Lipinski definition) is 3. The van der Waals surface area contributed by atoms with Gasteiger partial charge in [-0.1, -0.05) is 0 Å². The van der Waals surface area contributed by atoms with Gasteiger partial charge >= 0.3 is 0 Å². The lowest BCUT2D eigenvalue weighted by Crippen LogP contribution is -2.42. The first-order chi connectivity index (χ1) is 11.1. The average molecular weight is 346 g/mol. The van der Waals surface area contributed by atoms with E-state index in [4.69, 9.17) is 4.74 Å². The SMILES string of the molecule is CCNC(=NCC1CC1)NCCS(=O)(=O)NCC1CCCCO1. The summed E-state index contributed by atoms with van der Waals surface area (Å²) in [5.74, 6) is 1.45. The van der Waals surface area contributed by atoms with Crippen LogP contribution < -0.4 is 15.4 Å². The summed E-state index contributed by atoms with van der Waals surface area (Å²) < 4.78 is 32.2. The molecular formula is C15H30N4O3S. The number of nitrogens with zero attached hydrogens (tertiary/aromatic N) is 1. The van der Waals surface area contributed by atoms with Crippen LogP contribution in [0.1, 0.15) is 39.0 Å². The van der Waals surface area contributed by atoms with E-state index in [0.717, 1.165) is 39.0 Å². The summed E-state index contributed by atoms with van der Waals surface area (Å²) in [6.45, 7) is 5.03. The molecule has 7 nitrogen and oxygen atoms in total. The highest BCUT2D eigenvalue weighted by Gasteiger charge is 2.21. The minimum Gasteiger partial charge on any atom is -0.377 e. The summed E-state index contributed by atoms with van der Waals surface area (Å²) in [6.07, 6.45) is 5.63. The number of ether oxygens (including phenoxy) is 1. The zero-order valence-corrected chi connectivity index (χ0v) is 14.8. The Bertz CT molecular complexity index is 471. The predicted octanol–water partition coefficient (Wildman–Crippen LogP) is 0.440. The van der Waals surface area contributed by atoms with Crippen LogP contribution >= 0.6 is 0 Å². The summed E-state index contributed by atoms with van der Waals surface area (Å²) in [5, 5.41) is 6.23. The predicted molar refractivity (Wildman–Crippen MR) is 92.1 cm³/mol. The molecule has 1 unspecified atom stereocenters. The lowest BCUT2D eigenvalue weighted by atomic mass is 10.1. The quantitative estimate of drug-likeness (QED) is 0.416. The van der Waals surface area contributed by atoms with Crippen LogP contribution in [0.25, 0.3) is 0 Å². The Morgan fingerprint density at radius 3 is 2.70 bits per heavy atom. The fourth-order valence-electron chi connectivity index (χ4n) is 2.43. The maximum atomic E-state index is 12.0. The van der Waals surface area contributed by atoms with Crippen LogP contribution in [0.5, 0.6) is 0 Å². The van der Waals surface area contributed by atoms with Crippen molar-refractivity contribution in [2.45, 2.75) is 45.1 Å². The van der Waals surface area contributed by atoms with Gasteiger partial charge < -0.3 is 15.4 Å². The first-order valence-corrected chi connectivity index (χ1v) is 10.4. The third-order valence-corrected chi connectivity index (χ3v) is 5.36. The van der Waals surface area contributed by atoms with E-state index < -0.39 is 10.0 Å². The average Bonchev–Trinajstić information content (AvgIpc) is 3.36. The minimum absolute atomic E-state index is 0.0175. The van der Waals surface area contributed by atoms with Gasteiger partial charge in [-0.25, -0.2) is 13.1 Å². The van der Waals surface area contributed by atoms with Gasteiger partial charge in [0.25, 0.3) is 0 Å². The van der Waals surface area contributed by atoms with Gasteiger partial charge in [-0.05, 0) is 44.9 Å². The fraction of sp³-hybridized carbons (Fsp3) is 0.933. The second-order valence-electron chi connectivity index (χ2n) is 6.25. The maximum absolute atomic E-state index is 12.0. The van der Waals surface area contributed by atoms with Crippen molar-refractivity contribution < 1.29 is 13.2 Å². The fourth-order valence-corrected chi connectivity index (χ4v) is 3.38. The molecule has 1 heterocycles. The molecule has 1 aliphatic heterocycles. The van der Waals surface area contributed by atoms with E-state index in [-0.39, 0.29) is 11.9 Å². The Morgan fingerprint density at radius 2 is 2.04 bits per heavy atom. The summed E-state index contributed by atoms with van der Waals surface area (Å²) >= 11 is 0. The van der Waals surface area contributed by atoms with E-state index in [1.165, 1.54) is 12.8 Å². The van der Waals surface area contributed by atoms with Gasteiger partial charge in [0.15, 0.2) is 5.96 Å². The second-order valence-corrected chi connectivity index (χ2v) is 8.17. The first-order valence-electron chi connectivity index (χ1n) is 8.70. The van der Waals surface area contributed by atoms with Crippen LogP contribution in [0.15, 0.2) is 4.99 Å². The molecule has 23 heavy (non-hydrogen) atoms. The lowest BCUT2D eigenvalue weighted by molar-refractivity contribution is 0.0200. The lowest BCUT2D eigenvalue weighted by Gasteiger charge is -2.22. The van der Waals surface area contributed by atoms with E-state index >= 15 is 0 Å². The Kier molecular flexibility index (Phi) is 7.58.